The molecule has 0 saturated heterocycles. The normalized spacial score (nSPS) is 15.6. The summed E-state index contributed by atoms with van der Waals surface area (Å²) in [6, 6.07) is 11.5. The number of methoxy groups -OCH3 is 1. The molecule has 2 aromatic carbocycles. The fraction of sp³-hybridized carbons (Fsp3) is 0.323. The van der Waals surface area contributed by atoms with Crippen molar-refractivity contribution in [2.75, 3.05) is 20.3 Å². The SMILES string of the molecule is COc1cc(C(=O)NCC(O)(c2cc3c(c(-c4ccc(F)c(C)c4)n2)OCC3(C)C)C(F)(F)F)cc2ccc(C)nc12. The second-order valence-corrected chi connectivity index (χ2v) is 11.1. The number of halogens is 4. The minimum Gasteiger partial charge on any atom is -0.494 e. The van der Waals surface area contributed by atoms with Crippen LogP contribution in [0.5, 0.6) is 11.5 Å². The molecule has 7 nitrogen and oxygen atoms in total. The van der Waals surface area contributed by atoms with E-state index in [0.717, 1.165) is 11.8 Å². The fourth-order valence-electron chi connectivity index (χ4n) is 4.95. The number of aryl methyl sites for hydroxylation is 2. The Bertz CT molecular complexity index is 1720. The summed E-state index contributed by atoms with van der Waals surface area (Å²) < 4.78 is 69.2. The van der Waals surface area contributed by atoms with Crippen molar-refractivity contribution in [1.82, 2.24) is 15.3 Å². The second-order valence-electron chi connectivity index (χ2n) is 11.1. The molecule has 0 bridgehead atoms. The van der Waals surface area contributed by atoms with Crippen molar-refractivity contribution >= 4 is 16.8 Å². The molecule has 1 aliphatic heterocycles. The Morgan fingerprint density at radius 2 is 1.83 bits per heavy atom. The highest BCUT2D eigenvalue weighted by Crippen LogP contribution is 2.47. The Balaban J connectivity index is 1.57. The first-order valence-electron chi connectivity index (χ1n) is 13.1. The van der Waals surface area contributed by atoms with Crippen molar-refractivity contribution in [2.24, 2.45) is 0 Å². The highest BCUT2D eigenvalue weighted by atomic mass is 19.4. The Kier molecular flexibility index (Phi) is 7.13. The molecule has 3 heterocycles. The van der Waals surface area contributed by atoms with Crippen LogP contribution in [0.1, 0.15) is 46.7 Å². The largest absolute Gasteiger partial charge is 0.494 e. The number of alkyl halides is 3. The second kappa shape index (κ2) is 10.2. The molecule has 2 aromatic heterocycles. The average Bonchev–Trinajstić information content (AvgIpc) is 3.25. The Labute approximate surface area is 239 Å². The van der Waals surface area contributed by atoms with Gasteiger partial charge in [-0.1, -0.05) is 19.9 Å². The number of amides is 1. The number of carbonyl (C=O) groups excluding carboxylic acids is 1. The van der Waals surface area contributed by atoms with Crippen LogP contribution in [0.2, 0.25) is 0 Å². The van der Waals surface area contributed by atoms with Gasteiger partial charge in [0.05, 0.1) is 26.0 Å². The molecule has 4 aromatic rings. The molecule has 0 aliphatic carbocycles. The molecule has 1 unspecified atom stereocenters. The molecular formula is C31H29F4N3O4. The van der Waals surface area contributed by atoms with Crippen molar-refractivity contribution in [1.29, 1.82) is 0 Å². The summed E-state index contributed by atoms with van der Waals surface area (Å²) in [6.07, 6.45) is -5.23. The number of ether oxygens (including phenoxy) is 2. The van der Waals surface area contributed by atoms with Crippen LogP contribution >= 0.6 is 0 Å². The summed E-state index contributed by atoms with van der Waals surface area (Å²) in [5, 5.41) is 14.0. The number of nitrogens with one attached hydrogen (secondary N) is 1. The monoisotopic (exact) mass is 583 g/mol. The number of pyridine rings is 2. The van der Waals surface area contributed by atoms with Crippen LogP contribution < -0.4 is 14.8 Å². The Hall–Kier alpha value is -4.25. The summed E-state index contributed by atoms with van der Waals surface area (Å²) in [6.45, 7) is 5.84. The van der Waals surface area contributed by atoms with Gasteiger partial charge in [0.2, 0.25) is 5.60 Å². The summed E-state index contributed by atoms with van der Waals surface area (Å²) in [5.41, 5.74) is -2.73. The number of aromatic nitrogens is 2. The lowest BCUT2D eigenvalue weighted by atomic mass is 9.84. The first-order valence-corrected chi connectivity index (χ1v) is 13.1. The third-order valence-electron chi connectivity index (χ3n) is 7.49. The number of nitrogens with zero attached hydrogens (tertiary/aromatic N) is 2. The van der Waals surface area contributed by atoms with Gasteiger partial charge < -0.3 is 19.9 Å². The van der Waals surface area contributed by atoms with E-state index in [1.54, 1.807) is 32.9 Å². The van der Waals surface area contributed by atoms with E-state index in [0.29, 0.717) is 22.0 Å². The summed E-state index contributed by atoms with van der Waals surface area (Å²) in [4.78, 5) is 21.8. The van der Waals surface area contributed by atoms with E-state index in [9.17, 15) is 27.5 Å². The molecule has 0 fully saturated rings. The summed E-state index contributed by atoms with van der Waals surface area (Å²) in [7, 11) is 1.40. The number of aliphatic hydroxyl groups is 1. The maximum absolute atomic E-state index is 14.7. The standard InChI is InChI=1S/C31H29F4N3O4/c1-16-10-18(8-9-22(16)32)26-27-21(29(3,4)15-42-27)13-24(38-26)30(40,31(33,34)35)14-36-28(39)20-11-19-7-6-17(2)37-25(19)23(12-20)41-5/h6-13,40H,14-15H2,1-5H3,(H,36,39). The quantitative estimate of drug-likeness (QED) is 0.274. The molecule has 220 valence electrons. The third-order valence-corrected chi connectivity index (χ3v) is 7.49. The number of rotatable bonds is 6. The minimum atomic E-state index is -5.23. The molecule has 1 atom stereocenters. The molecular weight excluding hydrogens is 554 g/mol. The maximum Gasteiger partial charge on any atom is 0.424 e. The van der Waals surface area contributed by atoms with Gasteiger partial charge in [0.25, 0.3) is 5.91 Å². The van der Waals surface area contributed by atoms with E-state index in [1.807, 2.05) is 0 Å². The lowest BCUT2D eigenvalue weighted by Crippen LogP contribution is -2.51. The van der Waals surface area contributed by atoms with Crippen molar-refractivity contribution in [3.05, 3.63) is 82.4 Å². The fourth-order valence-corrected chi connectivity index (χ4v) is 4.95. The molecule has 0 spiro atoms. The van der Waals surface area contributed by atoms with E-state index in [2.05, 4.69) is 15.3 Å². The van der Waals surface area contributed by atoms with Gasteiger partial charge in [-0.2, -0.15) is 13.2 Å². The molecule has 11 heteroatoms. The van der Waals surface area contributed by atoms with E-state index >= 15 is 0 Å². The average molecular weight is 584 g/mol. The van der Waals surface area contributed by atoms with Crippen LogP contribution in [0.4, 0.5) is 17.6 Å². The molecule has 0 radical (unpaired) electrons. The Morgan fingerprint density at radius 3 is 2.50 bits per heavy atom. The zero-order valence-corrected chi connectivity index (χ0v) is 23.6. The minimum absolute atomic E-state index is 0.0217. The molecule has 0 saturated carbocycles. The highest BCUT2D eigenvalue weighted by Gasteiger charge is 2.57. The topological polar surface area (TPSA) is 93.6 Å². The number of carbonyl (C=O) groups is 1. The van der Waals surface area contributed by atoms with Crippen LogP contribution in [0.15, 0.2) is 48.5 Å². The first kappa shape index (κ1) is 29.2. The first-order chi connectivity index (χ1) is 19.6. The maximum atomic E-state index is 14.7. The van der Waals surface area contributed by atoms with Gasteiger partial charge >= 0.3 is 6.18 Å². The summed E-state index contributed by atoms with van der Waals surface area (Å²) >= 11 is 0. The van der Waals surface area contributed by atoms with E-state index in [1.165, 1.54) is 44.4 Å². The highest BCUT2D eigenvalue weighted by molar-refractivity contribution is 6.00. The lowest BCUT2D eigenvalue weighted by molar-refractivity contribution is -0.265. The van der Waals surface area contributed by atoms with Gasteiger partial charge in [-0.15, -0.1) is 0 Å². The molecule has 2 N–H and O–H groups in total. The smallest absolute Gasteiger partial charge is 0.424 e. The van der Waals surface area contributed by atoms with Gasteiger partial charge in [0.15, 0.2) is 0 Å². The van der Waals surface area contributed by atoms with Gasteiger partial charge in [-0.05, 0) is 61.9 Å². The molecule has 5 rings (SSSR count). The van der Waals surface area contributed by atoms with Gasteiger partial charge in [0, 0.05) is 33.2 Å². The van der Waals surface area contributed by atoms with Crippen molar-refractivity contribution < 1.29 is 36.9 Å². The van der Waals surface area contributed by atoms with Crippen LogP contribution in [-0.2, 0) is 11.0 Å². The van der Waals surface area contributed by atoms with Crippen LogP contribution in [0, 0.1) is 19.7 Å². The number of hydrogen-bond acceptors (Lipinski definition) is 6. The molecule has 1 aliphatic rings. The van der Waals surface area contributed by atoms with Crippen molar-refractivity contribution in [2.45, 2.75) is 44.9 Å². The third kappa shape index (κ3) is 5.02. The van der Waals surface area contributed by atoms with E-state index in [-0.39, 0.29) is 34.9 Å². The molecule has 42 heavy (non-hydrogen) atoms. The van der Waals surface area contributed by atoms with Gasteiger partial charge in [-0.25, -0.2) is 14.4 Å². The number of hydrogen-bond donors (Lipinski definition) is 2. The lowest BCUT2D eigenvalue weighted by Gasteiger charge is -2.31. The zero-order chi connectivity index (χ0) is 30.6. The number of benzene rings is 2. The van der Waals surface area contributed by atoms with Crippen LogP contribution in [0.3, 0.4) is 0 Å². The zero-order valence-electron chi connectivity index (χ0n) is 23.6. The predicted octanol–water partition coefficient (Wildman–Crippen LogP) is 5.91. The van der Waals surface area contributed by atoms with Crippen LogP contribution in [-0.4, -0.2) is 47.4 Å². The van der Waals surface area contributed by atoms with Crippen molar-refractivity contribution in [3.8, 4) is 22.8 Å². The Morgan fingerprint density at radius 1 is 1.10 bits per heavy atom. The van der Waals surface area contributed by atoms with Crippen molar-refractivity contribution in [3.63, 3.8) is 0 Å². The predicted molar refractivity (Wildman–Crippen MR) is 148 cm³/mol. The van der Waals surface area contributed by atoms with E-state index in [4.69, 9.17) is 9.47 Å². The van der Waals surface area contributed by atoms with Gasteiger partial charge in [-0.3, -0.25) is 4.79 Å². The number of fused-ring (bicyclic) bond motifs is 2. The van der Waals surface area contributed by atoms with Gasteiger partial charge in [0.1, 0.15) is 28.5 Å². The van der Waals surface area contributed by atoms with E-state index < -0.39 is 41.2 Å². The van der Waals surface area contributed by atoms with Crippen LogP contribution in [0.25, 0.3) is 22.2 Å². The summed E-state index contributed by atoms with van der Waals surface area (Å²) in [5.74, 6) is -0.819. The molecule has 1 amide bonds.